The van der Waals surface area contributed by atoms with Crippen LogP contribution in [0.1, 0.15) is 5.69 Å². The Morgan fingerprint density at radius 3 is 2.77 bits per heavy atom. The van der Waals surface area contributed by atoms with Gasteiger partial charge in [-0.2, -0.15) is 0 Å². The maximum absolute atomic E-state index is 12.9. The number of fused-ring (bicyclic) bond motifs is 3. The van der Waals surface area contributed by atoms with Crippen molar-refractivity contribution in [3.05, 3.63) is 70.2 Å². The minimum Gasteiger partial charge on any atom is -0.493 e. The van der Waals surface area contributed by atoms with Gasteiger partial charge in [0.25, 0.3) is 5.56 Å². The number of rotatable bonds is 5. The Hall–Kier alpha value is -3.65. The molecule has 3 aromatic heterocycles. The van der Waals surface area contributed by atoms with Crippen LogP contribution in [0.5, 0.6) is 11.5 Å². The third-order valence-electron chi connectivity index (χ3n) is 4.87. The first kappa shape index (κ1) is 18.4. The van der Waals surface area contributed by atoms with Crippen LogP contribution in [0.25, 0.3) is 32.6 Å². The molecule has 0 unspecified atom stereocenters. The maximum atomic E-state index is 12.9. The fraction of sp³-hybridized carbons (Fsp3) is 0.136. The molecule has 5 aromatic rings. The van der Waals surface area contributed by atoms with Crippen molar-refractivity contribution in [3.8, 4) is 22.1 Å². The molecular weight excluding hydrogens is 402 g/mol. The van der Waals surface area contributed by atoms with Crippen molar-refractivity contribution in [1.29, 1.82) is 0 Å². The normalized spacial score (nSPS) is 11.3. The number of para-hydroxylation sites is 1. The molecule has 0 saturated carbocycles. The fourth-order valence-electron chi connectivity index (χ4n) is 3.38. The predicted octanol–water partition coefficient (Wildman–Crippen LogP) is 4.33. The average Bonchev–Trinajstić information content (AvgIpc) is 3.40. The lowest BCUT2D eigenvalue weighted by Crippen LogP contribution is -2.20. The SMILES string of the molecule is COc1ccc(-c2nc(Cn3cnc4c(oc5ccccc54)c3=O)cs2)cc1OC. The molecule has 2 aromatic carbocycles. The van der Waals surface area contributed by atoms with E-state index in [1.807, 2.05) is 47.8 Å². The van der Waals surface area contributed by atoms with Crippen LogP contribution in [0.15, 0.2) is 63.4 Å². The lowest BCUT2D eigenvalue weighted by atomic mass is 10.2. The number of ether oxygens (including phenoxy) is 2. The highest BCUT2D eigenvalue weighted by Crippen LogP contribution is 2.33. The van der Waals surface area contributed by atoms with Crippen LogP contribution < -0.4 is 15.0 Å². The molecule has 0 spiro atoms. The van der Waals surface area contributed by atoms with Crippen molar-refractivity contribution in [2.45, 2.75) is 6.54 Å². The van der Waals surface area contributed by atoms with Gasteiger partial charge in [-0.25, -0.2) is 9.97 Å². The van der Waals surface area contributed by atoms with E-state index in [1.54, 1.807) is 20.5 Å². The lowest BCUT2D eigenvalue weighted by molar-refractivity contribution is 0.355. The summed E-state index contributed by atoms with van der Waals surface area (Å²) in [6.45, 7) is 0.308. The predicted molar refractivity (Wildman–Crippen MR) is 116 cm³/mol. The molecule has 5 rings (SSSR count). The van der Waals surface area contributed by atoms with E-state index >= 15 is 0 Å². The van der Waals surface area contributed by atoms with Crippen LogP contribution >= 0.6 is 11.3 Å². The lowest BCUT2D eigenvalue weighted by Gasteiger charge is -2.08. The van der Waals surface area contributed by atoms with Gasteiger partial charge in [-0.15, -0.1) is 11.3 Å². The molecule has 0 atom stereocenters. The second-order valence-electron chi connectivity index (χ2n) is 6.67. The topological polar surface area (TPSA) is 79.4 Å². The van der Waals surface area contributed by atoms with Crippen molar-refractivity contribution in [2.75, 3.05) is 14.2 Å². The number of aromatic nitrogens is 3. The maximum Gasteiger partial charge on any atom is 0.297 e. The van der Waals surface area contributed by atoms with Gasteiger partial charge in [0.15, 0.2) is 11.5 Å². The minimum absolute atomic E-state index is 0.225. The smallest absolute Gasteiger partial charge is 0.297 e. The van der Waals surface area contributed by atoms with E-state index in [0.29, 0.717) is 29.1 Å². The second-order valence-corrected chi connectivity index (χ2v) is 7.53. The molecule has 0 fully saturated rings. The number of methoxy groups -OCH3 is 2. The summed E-state index contributed by atoms with van der Waals surface area (Å²) in [5.41, 5.74) is 2.95. The molecular formula is C22H17N3O4S. The van der Waals surface area contributed by atoms with Gasteiger partial charge in [-0.05, 0) is 30.3 Å². The molecule has 0 radical (unpaired) electrons. The van der Waals surface area contributed by atoms with E-state index in [4.69, 9.17) is 13.9 Å². The van der Waals surface area contributed by atoms with E-state index in [2.05, 4.69) is 9.97 Å². The van der Waals surface area contributed by atoms with Crippen LogP contribution in [0.2, 0.25) is 0 Å². The third kappa shape index (κ3) is 3.02. The molecule has 0 aliphatic heterocycles. The Kier molecular flexibility index (Phi) is 4.48. The van der Waals surface area contributed by atoms with Gasteiger partial charge in [0, 0.05) is 16.3 Å². The molecule has 0 amide bonds. The highest BCUT2D eigenvalue weighted by Gasteiger charge is 2.15. The van der Waals surface area contributed by atoms with Crippen LogP contribution in [-0.4, -0.2) is 28.8 Å². The first-order chi connectivity index (χ1) is 14.7. The summed E-state index contributed by atoms with van der Waals surface area (Å²) in [4.78, 5) is 22.0. The van der Waals surface area contributed by atoms with Gasteiger partial charge in [0.2, 0.25) is 5.58 Å². The minimum atomic E-state index is -0.225. The highest BCUT2D eigenvalue weighted by atomic mass is 32.1. The summed E-state index contributed by atoms with van der Waals surface area (Å²) in [5.74, 6) is 1.30. The largest absolute Gasteiger partial charge is 0.493 e. The van der Waals surface area contributed by atoms with E-state index in [1.165, 1.54) is 15.9 Å². The number of hydrogen-bond acceptors (Lipinski definition) is 7. The number of benzene rings is 2. The van der Waals surface area contributed by atoms with Crippen molar-refractivity contribution in [3.63, 3.8) is 0 Å². The first-order valence-electron chi connectivity index (χ1n) is 9.21. The first-order valence-corrected chi connectivity index (χ1v) is 10.1. The average molecular weight is 419 g/mol. The van der Waals surface area contributed by atoms with Gasteiger partial charge < -0.3 is 13.9 Å². The van der Waals surface area contributed by atoms with Gasteiger partial charge in [-0.3, -0.25) is 9.36 Å². The second kappa shape index (κ2) is 7.31. The number of thiazole rings is 1. The zero-order valence-corrected chi connectivity index (χ0v) is 17.1. The molecule has 8 heteroatoms. The van der Waals surface area contributed by atoms with E-state index in [-0.39, 0.29) is 11.1 Å². The summed E-state index contributed by atoms with van der Waals surface area (Å²) >= 11 is 1.50. The number of furan rings is 1. The van der Waals surface area contributed by atoms with E-state index < -0.39 is 0 Å². The van der Waals surface area contributed by atoms with Crippen molar-refractivity contribution in [2.24, 2.45) is 0 Å². The molecule has 0 bridgehead atoms. The Morgan fingerprint density at radius 1 is 1.10 bits per heavy atom. The van der Waals surface area contributed by atoms with Crippen molar-refractivity contribution >= 4 is 33.4 Å². The summed E-state index contributed by atoms with van der Waals surface area (Å²) in [6.07, 6.45) is 1.54. The van der Waals surface area contributed by atoms with E-state index in [9.17, 15) is 4.79 Å². The van der Waals surface area contributed by atoms with Crippen LogP contribution in [-0.2, 0) is 6.54 Å². The molecule has 3 heterocycles. The summed E-state index contributed by atoms with van der Waals surface area (Å²) in [5, 5.41) is 3.60. The monoisotopic (exact) mass is 419 g/mol. The van der Waals surface area contributed by atoms with Crippen molar-refractivity contribution < 1.29 is 13.9 Å². The zero-order chi connectivity index (χ0) is 20.7. The highest BCUT2D eigenvalue weighted by molar-refractivity contribution is 7.13. The molecule has 0 aliphatic carbocycles. The molecule has 0 saturated heterocycles. The molecule has 0 N–H and O–H groups in total. The Labute approximate surface area is 175 Å². The van der Waals surface area contributed by atoms with Crippen LogP contribution in [0, 0.1) is 0 Å². The Morgan fingerprint density at radius 2 is 1.93 bits per heavy atom. The van der Waals surface area contributed by atoms with Crippen LogP contribution in [0.4, 0.5) is 0 Å². The van der Waals surface area contributed by atoms with Crippen LogP contribution in [0.3, 0.4) is 0 Å². The Bertz CT molecular complexity index is 1430. The standard InChI is InChI=1S/C22H17N3O4S/c1-27-17-8-7-13(9-18(17)28-2)21-24-14(11-30-21)10-25-12-23-19-15-5-3-4-6-16(15)29-20(19)22(25)26/h3-9,11-12H,10H2,1-2H3. The van der Waals surface area contributed by atoms with Gasteiger partial charge in [0.1, 0.15) is 16.1 Å². The van der Waals surface area contributed by atoms with Gasteiger partial charge >= 0.3 is 0 Å². The fourth-order valence-corrected chi connectivity index (χ4v) is 4.19. The molecule has 7 nitrogen and oxygen atoms in total. The van der Waals surface area contributed by atoms with Crippen molar-refractivity contribution in [1.82, 2.24) is 14.5 Å². The Balaban J connectivity index is 1.48. The summed E-state index contributed by atoms with van der Waals surface area (Å²) < 4.78 is 17.9. The molecule has 150 valence electrons. The number of nitrogens with zero attached hydrogens (tertiary/aromatic N) is 3. The zero-order valence-electron chi connectivity index (χ0n) is 16.3. The summed E-state index contributed by atoms with van der Waals surface area (Å²) in [7, 11) is 3.20. The molecule has 30 heavy (non-hydrogen) atoms. The van der Waals surface area contributed by atoms with Gasteiger partial charge in [-0.1, -0.05) is 12.1 Å². The quantitative estimate of drug-likeness (QED) is 0.422. The number of hydrogen-bond donors (Lipinski definition) is 0. The summed E-state index contributed by atoms with van der Waals surface area (Å²) in [6, 6.07) is 13.2. The van der Waals surface area contributed by atoms with Gasteiger partial charge in [0.05, 0.1) is 32.8 Å². The molecule has 0 aliphatic rings. The van der Waals surface area contributed by atoms with E-state index in [0.717, 1.165) is 21.7 Å². The third-order valence-corrected chi connectivity index (χ3v) is 5.81.